The number of rotatable bonds is 7. The van der Waals surface area contributed by atoms with E-state index in [1.807, 2.05) is 42.5 Å². The number of hydrogen-bond acceptors (Lipinski definition) is 4. The zero-order valence-corrected chi connectivity index (χ0v) is 15.7. The highest BCUT2D eigenvalue weighted by atomic mass is 127. The maximum atomic E-state index is 11.9. The second-order valence-corrected chi connectivity index (χ2v) is 6.50. The van der Waals surface area contributed by atoms with Gasteiger partial charge < -0.3 is 19.9 Å². The van der Waals surface area contributed by atoms with E-state index in [9.17, 15) is 14.7 Å². The summed E-state index contributed by atoms with van der Waals surface area (Å²) < 4.78 is 11.3. The first kappa shape index (κ1) is 19.0. The maximum Gasteiger partial charge on any atom is 0.408 e. The van der Waals surface area contributed by atoms with Crippen molar-refractivity contribution in [3.05, 3.63) is 63.2 Å². The first-order chi connectivity index (χ1) is 12.0. The lowest BCUT2D eigenvalue weighted by molar-refractivity contribution is -0.139. The maximum absolute atomic E-state index is 11.9. The van der Waals surface area contributed by atoms with E-state index >= 15 is 0 Å². The van der Waals surface area contributed by atoms with Gasteiger partial charge >= 0.3 is 12.1 Å². The third kappa shape index (κ3) is 5.93. The van der Waals surface area contributed by atoms with E-state index in [0.717, 1.165) is 9.13 Å². The van der Waals surface area contributed by atoms with Crippen molar-refractivity contribution < 1.29 is 24.2 Å². The Bertz CT molecular complexity index is 736. The number of ether oxygens (including phenoxy) is 2. The second-order valence-electron chi connectivity index (χ2n) is 5.26. The summed E-state index contributed by atoms with van der Waals surface area (Å²) in [6.07, 6.45) is -0.684. The molecule has 0 unspecified atom stereocenters. The molecule has 1 atom stereocenters. The monoisotopic (exact) mass is 455 g/mol. The van der Waals surface area contributed by atoms with Crippen LogP contribution in [-0.4, -0.2) is 30.3 Å². The number of hydrogen-bond donors (Lipinski definition) is 2. The Morgan fingerprint density at radius 3 is 2.56 bits per heavy atom. The zero-order chi connectivity index (χ0) is 18.2. The van der Waals surface area contributed by atoms with Crippen LogP contribution in [-0.2, 0) is 22.6 Å². The van der Waals surface area contributed by atoms with Crippen LogP contribution >= 0.6 is 22.6 Å². The van der Waals surface area contributed by atoms with Crippen molar-refractivity contribution in [1.82, 2.24) is 5.32 Å². The van der Waals surface area contributed by atoms with Crippen molar-refractivity contribution in [3.8, 4) is 5.75 Å². The standard InChI is InChI=1S/C18H18INO5/c1-24-16-8-7-14(19)9-13(16)10-15(17(21)22)20-18(23)25-11-12-5-3-2-4-6-12/h2-9,15H,10-11H2,1H3,(H,20,23)(H,21,22)/t15-/m0/s1. The Hall–Kier alpha value is -2.29. The third-order valence-corrected chi connectivity index (χ3v) is 4.14. The van der Waals surface area contributed by atoms with Gasteiger partial charge in [0.05, 0.1) is 7.11 Å². The number of aliphatic carboxylic acids is 1. The van der Waals surface area contributed by atoms with Gasteiger partial charge in [0.2, 0.25) is 0 Å². The lowest BCUT2D eigenvalue weighted by Gasteiger charge is -2.16. The van der Waals surface area contributed by atoms with Gasteiger partial charge in [0.25, 0.3) is 0 Å². The average molecular weight is 455 g/mol. The van der Waals surface area contributed by atoms with Gasteiger partial charge in [-0.05, 0) is 51.9 Å². The van der Waals surface area contributed by atoms with Crippen molar-refractivity contribution in [2.24, 2.45) is 0 Å². The quantitative estimate of drug-likeness (QED) is 0.627. The Kier molecular flexibility index (Phi) is 7.05. The smallest absolute Gasteiger partial charge is 0.408 e. The summed E-state index contributed by atoms with van der Waals surface area (Å²) in [7, 11) is 1.52. The van der Waals surface area contributed by atoms with E-state index in [1.165, 1.54) is 7.11 Å². The molecular formula is C18H18INO5. The molecule has 0 aromatic heterocycles. The topological polar surface area (TPSA) is 84.9 Å². The van der Waals surface area contributed by atoms with E-state index in [-0.39, 0.29) is 13.0 Å². The van der Waals surface area contributed by atoms with Crippen LogP contribution in [0.4, 0.5) is 4.79 Å². The van der Waals surface area contributed by atoms with Crippen LogP contribution in [0, 0.1) is 3.57 Å². The van der Waals surface area contributed by atoms with E-state index in [4.69, 9.17) is 9.47 Å². The van der Waals surface area contributed by atoms with Crippen molar-refractivity contribution in [2.45, 2.75) is 19.1 Å². The highest BCUT2D eigenvalue weighted by Gasteiger charge is 2.23. The predicted molar refractivity (Wildman–Crippen MR) is 101 cm³/mol. The molecule has 25 heavy (non-hydrogen) atoms. The lowest BCUT2D eigenvalue weighted by atomic mass is 10.1. The predicted octanol–water partition coefficient (Wildman–Crippen LogP) is 3.22. The number of carboxylic acids is 1. The molecule has 7 heteroatoms. The Morgan fingerprint density at radius 1 is 1.20 bits per heavy atom. The van der Waals surface area contributed by atoms with E-state index in [0.29, 0.717) is 11.3 Å². The van der Waals surface area contributed by atoms with E-state index in [1.54, 1.807) is 6.07 Å². The van der Waals surface area contributed by atoms with Crippen molar-refractivity contribution in [2.75, 3.05) is 7.11 Å². The molecular weight excluding hydrogens is 437 g/mol. The van der Waals surface area contributed by atoms with Crippen LogP contribution in [0.5, 0.6) is 5.75 Å². The molecule has 1 amide bonds. The molecule has 0 aliphatic rings. The van der Waals surface area contributed by atoms with Crippen LogP contribution in [0.2, 0.25) is 0 Å². The number of benzene rings is 2. The van der Waals surface area contributed by atoms with Gasteiger partial charge in [-0.15, -0.1) is 0 Å². The van der Waals surface area contributed by atoms with Gasteiger partial charge in [-0.2, -0.15) is 0 Å². The summed E-state index contributed by atoms with van der Waals surface area (Å²) in [6.45, 7) is 0.0750. The van der Waals surface area contributed by atoms with Gasteiger partial charge in [0.1, 0.15) is 18.4 Å². The van der Waals surface area contributed by atoms with Crippen LogP contribution < -0.4 is 10.1 Å². The Morgan fingerprint density at radius 2 is 1.92 bits per heavy atom. The van der Waals surface area contributed by atoms with E-state index in [2.05, 4.69) is 27.9 Å². The summed E-state index contributed by atoms with van der Waals surface area (Å²) in [5.41, 5.74) is 1.52. The molecule has 2 aromatic carbocycles. The molecule has 0 saturated heterocycles. The number of carboxylic acid groups (broad SMARTS) is 1. The number of halogens is 1. The molecule has 2 N–H and O–H groups in total. The number of alkyl carbamates (subject to hydrolysis) is 1. The van der Waals surface area contributed by atoms with Crippen molar-refractivity contribution in [1.29, 1.82) is 0 Å². The number of methoxy groups -OCH3 is 1. The highest BCUT2D eigenvalue weighted by molar-refractivity contribution is 14.1. The molecule has 2 aromatic rings. The minimum atomic E-state index is -1.14. The second kappa shape index (κ2) is 9.26. The number of nitrogens with one attached hydrogen (secondary N) is 1. The molecule has 0 aliphatic carbocycles. The summed E-state index contributed by atoms with van der Waals surface area (Å²) in [4.78, 5) is 23.4. The largest absolute Gasteiger partial charge is 0.496 e. The molecule has 0 saturated carbocycles. The van der Waals surface area contributed by atoms with E-state index < -0.39 is 18.1 Å². The third-order valence-electron chi connectivity index (χ3n) is 3.47. The Labute approximate surface area is 159 Å². The molecule has 132 valence electrons. The molecule has 0 aliphatic heterocycles. The normalized spacial score (nSPS) is 11.4. The summed E-state index contributed by atoms with van der Waals surface area (Å²) in [6, 6.07) is 13.5. The summed E-state index contributed by atoms with van der Waals surface area (Å²) in [5, 5.41) is 11.8. The summed E-state index contributed by atoms with van der Waals surface area (Å²) >= 11 is 2.13. The minimum absolute atomic E-state index is 0.0750. The van der Waals surface area contributed by atoms with Gasteiger partial charge in [-0.1, -0.05) is 30.3 Å². The number of amides is 1. The highest BCUT2D eigenvalue weighted by Crippen LogP contribution is 2.22. The van der Waals surface area contributed by atoms with Crippen molar-refractivity contribution in [3.63, 3.8) is 0 Å². The molecule has 2 rings (SSSR count). The average Bonchev–Trinajstić information content (AvgIpc) is 2.60. The molecule has 0 radical (unpaired) electrons. The fraction of sp³-hybridized carbons (Fsp3) is 0.222. The van der Waals surface area contributed by atoms with Crippen LogP contribution in [0.25, 0.3) is 0 Å². The first-order valence-electron chi connectivity index (χ1n) is 7.52. The molecule has 0 heterocycles. The Balaban J connectivity index is 2.00. The SMILES string of the molecule is COc1ccc(I)cc1C[C@H](NC(=O)OCc1ccccc1)C(=O)O. The van der Waals surface area contributed by atoms with Gasteiger partial charge in [0.15, 0.2) is 0 Å². The molecule has 0 bridgehead atoms. The number of carbonyl (C=O) groups excluding carboxylic acids is 1. The van der Waals surface area contributed by atoms with Crippen LogP contribution in [0.15, 0.2) is 48.5 Å². The van der Waals surface area contributed by atoms with Gasteiger partial charge in [0, 0.05) is 9.99 Å². The van der Waals surface area contributed by atoms with Crippen LogP contribution in [0.3, 0.4) is 0 Å². The first-order valence-corrected chi connectivity index (χ1v) is 8.60. The molecule has 0 fully saturated rings. The number of carbonyl (C=O) groups is 2. The minimum Gasteiger partial charge on any atom is -0.496 e. The fourth-order valence-electron chi connectivity index (χ4n) is 2.23. The van der Waals surface area contributed by atoms with Gasteiger partial charge in [-0.3, -0.25) is 0 Å². The van der Waals surface area contributed by atoms with Crippen molar-refractivity contribution >= 4 is 34.7 Å². The molecule has 0 spiro atoms. The lowest BCUT2D eigenvalue weighted by Crippen LogP contribution is -2.42. The van der Waals surface area contributed by atoms with Crippen LogP contribution in [0.1, 0.15) is 11.1 Å². The summed E-state index contributed by atoms with van der Waals surface area (Å²) in [5.74, 6) is -0.566. The molecule has 6 nitrogen and oxygen atoms in total. The zero-order valence-electron chi connectivity index (χ0n) is 13.6. The van der Waals surface area contributed by atoms with Gasteiger partial charge in [-0.25, -0.2) is 9.59 Å². The fourth-order valence-corrected chi connectivity index (χ4v) is 2.79.